The quantitative estimate of drug-likeness (QED) is 0.387. The van der Waals surface area contributed by atoms with Crippen LogP contribution in [0.25, 0.3) is 22.2 Å². The van der Waals surface area contributed by atoms with Gasteiger partial charge in [0.25, 0.3) is 0 Å². The minimum atomic E-state index is -4.49. The molecule has 31 heavy (non-hydrogen) atoms. The SMILES string of the molecule is C[C@@H](C(=O)Nc1cccc(C(F)(F)F)c1)n1nc(-c2ccccc2)c2cc(Cl)ccc21. The lowest BCUT2D eigenvalue weighted by atomic mass is 10.1. The van der Waals surface area contributed by atoms with Crippen LogP contribution in [0.3, 0.4) is 0 Å². The van der Waals surface area contributed by atoms with Crippen molar-refractivity contribution in [2.24, 2.45) is 0 Å². The maximum atomic E-state index is 13.0. The molecule has 3 aromatic carbocycles. The normalized spacial score (nSPS) is 12.7. The molecule has 4 aromatic rings. The predicted octanol–water partition coefficient (Wildman–Crippen LogP) is 6.58. The maximum absolute atomic E-state index is 13.0. The van der Waals surface area contributed by atoms with Crippen LogP contribution in [-0.2, 0) is 11.0 Å². The monoisotopic (exact) mass is 443 g/mol. The summed E-state index contributed by atoms with van der Waals surface area (Å²) in [6.45, 7) is 1.64. The van der Waals surface area contributed by atoms with Crippen LogP contribution in [0.15, 0.2) is 72.8 Å². The molecular formula is C23H17ClF3N3O. The number of nitrogens with one attached hydrogen (secondary N) is 1. The van der Waals surface area contributed by atoms with Gasteiger partial charge < -0.3 is 5.32 Å². The molecule has 4 nitrogen and oxygen atoms in total. The van der Waals surface area contributed by atoms with Gasteiger partial charge in [0, 0.05) is 21.7 Å². The molecule has 0 aliphatic heterocycles. The van der Waals surface area contributed by atoms with E-state index in [9.17, 15) is 18.0 Å². The average Bonchev–Trinajstić information content (AvgIpc) is 3.12. The summed E-state index contributed by atoms with van der Waals surface area (Å²) in [4.78, 5) is 12.9. The van der Waals surface area contributed by atoms with Gasteiger partial charge >= 0.3 is 6.18 Å². The van der Waals surface area contributed by atoms with E-state index < -0.39 is 23.7 Å². The molecule has 0 aliphatic rings. The number of nitrogens with zero attached hydrogens (tertiary/aromatic N) is 2. The van der Waals surface area contributed by atoms with E-state index in [1.165, 1.54) is 12.1 Å². The Kier molecular flexibility index (Phi) is 5.45. The highest BCUT2D eigenvalue weighted by molar-refractivity contribution is 6.31. The number of hydrogen-bond acceptors (Lipinski definition) is 2. The highest BCUT2D eigenvalue weighted by Gasteiger charge is 2.30. The van der Waals surface area contributed by atoms with E-state index in [2.05, 4.69) is 10.4 Å². The Balaban J connectivity index is 1.70. The van der Waals surface area contributed by atoms with Crippen molar-refractivity contribution < 1.29 is 18.0 Å². The molecule has 1 heterocycles. The largest absolute Gasteiger partial charge is 0.416 e. The molecule has 0 spiro atoms. The predicted molar refractivity (Wildman–Crippen MR) is 115 cm³/mol. The first-order valence-electron chi connectivity index (χ1n) is 9.45. The van der Waals surface area contributed by atoms with E-state index >= 15 is 0 Å². The number of rotatable bonds is 4. The third kappa shape index (κ3) is 4.27. The van der Waals surface area contributed by atoms with Gasteiger partial charge in [-0.05, 0) is 43.3 Å². The Bertz CT molecular complexity index is 1250. The molecule has 1 atom stereocenters. The molecule has 158 valence electrons. The number of carbonyl (C=O) groups excluding carboxylic acids is 1. The summed E-state index contributed by atoms with van der Waals surface area (Å²) in [6, 6.07) is 18.5. The second-order valence-electron chi connectivity index (χ2n) is 7.06. The molecule has 4 rings (SSSR count). The zero-order valence-corrected chi connectivity index (χ0v) is 17.1. The van der Waals surface area contributed by atoms with E-state index in [1.54, 1.807) is 29.8 Å². The fraction of sp³-hybridized carbons (Fsp3) is 0.130. The molecule has 1 amide bonds. The average molecular weight is 444 g/mol. The van der Waals surface area contributed by atoms with Gasteiger partial charge in [-0.25, -0.2) is 0 Å². The minimum absolute atomic E-state index is 0.0643. The third-order valence-corrected chi connectivity index (χ3v) is 5.15. The molecule has 0 saturated heterocycles. The first-order valence-corrected chi connectivity index (χ1v) is 9.83. The number of alkyl halides is 3. The fourth-order valence-corrected chi connectivity index (χ4v) is 3.52. The van der Waals surface area contributed by atoms with Crippen molar-refractivity contribution >= 4 is 34.1 Å². The van der Waals surface area contributed by atoms with Crippen LogP contribution in [-0.4, -0.2) is 15.7 Å². The summed E-state index contributed by atoms with van der Waals surface area (Å²) in [6.07, 6.45) is -4.49. The molecule has 0 saturated carbocycles. The lowest BCUT2D eigenvalue weighted by Gasteiger charge is -2.15. The van der Waals surface area contributed by atoms with Gasteiger partial charge in [0.2, 0.25) is 5.91 Å². The van der Waals surface area contributed by atoms with Crippen LogP contribution in [0.4, 0.5) is 18.9 Å². The number of hydrogen-bond donors (Lipinski definition) is 1. The summed E-state index contributed by atoms with van der Waals surface area (Å²) in [5.74, 6) is -0.488. The van der Waals surface area contributed by atoms with Crippen molar-refractivity contribution in [1.29, 1.82) is 0 Å². The lowest BCUT2D eigenvalue weighted by Crippen LogP contribution is -2.24. The summed E-state index contributed by atoms with van der Waals surface area (Å²) >= 11 is 6.18. The van der Waals surface area contributed by atoms with E-state index in [0.29, 0.717) is 16.2 Å². The Labute approximate surface area is 181 Å². The highest BCUT2D eigenvalue weighted by Crippen LogP contribution is 2.33. The minimum Gasteiger partial charge on any atom is -0.324 e. The zero-order valence-electron chi connectivity index (χ0n) is 16.3. The molecule has 0 unspecified atom stereocenters. The van der Waals surface area contributed by atoms with Crippen LogP contribution < -0.4 is 5.32 Å². The maximum Gasteiger partial charge on any atom is 0.416 e. The highest BCUT2D eigenvalue weighted by atomic mass is 35.5. The molecule has 1 N–H and O–H groups in total. The number of fused-ring (bicyclic) bond motifs is 1. The van der Waals surface area contributed by atoms with Crippen molar-refractivity contribution in [2.75, 3.05) is 5.32 Å². The number of carbonyl (C=O) groups is 1. The second kappa shape index (κ2) is 8.07. The number of amides is 1. The zero-order chi connectivity index (χ0) is 22.2. The van der Waals surface area contributed by atoms with Crippen molar-refractivity contribution in [3.05, 3.63) is 83.4 Å². The summed E-state index contributed by atoms with van der Waals surface area (Å²) in [7, 11) is 0. The fourth-order valence-electron chi connectivity index (χ4n) is 3.35. The molecular weight excluding hydrogens is 427 g/mol. The van der Waals surface area contributed by atoms with Crippen molar-refractivity contribution in [1.82, 2.24) is 9.78 Å². The van der Waals surface area contributed by atoms with Crippen LogP contribution >= 0.6 is 11.6 Å². The topological polar surface area (TPSA) is 46.9 Å². The molecule has 0 radical (unpaired) electrons. The standard InChI is InChI=1S/C23H17ClF3N3O/c1-14(22(31)28-18-9-5-8-16(12-18)23(25,26)27)30-20-11-10-17(24)13-19(20)21(29-30)15-6-3-2-4-7-15/h2-14H,1H3,(H,28,31)/t14-/m0/s1. The third-order valence-electron chi connectivity index (χ3n) is 4.92. The van der Waals surface area contributed by atoms with Gasteiger partial charge in [0.05, 0.1) is 11.1 Å². The van der Waals surface area contributed by atoms with Gasteiger partial charge in [-0.1, -0.05) is 48.0 Å². The first-order chi connectivity index (χ1) is 14.7. The van der Waals surface area contributed by atoms with Gasteiger partial charge in [0.1, 0.15) is 11.7 Å². The molecule has 1 aromatic heterocycles. The second-order valence-corrected chi connectivity index (χ2v) is 7.50. The van der Waals surface area contributed by atoms with Crippen LogP contribution in [0.2, 0.25) is 5.02 Å². The Hall–Kier alpha value is -3.32. The van der Waals surface area contributed by atoms with Crippen LogP contribution in [0.1, 0.15) is 18.5 Å². The van der Waals surface area contributed by atoms with E-state index in [1.807, 2.05) is 30.3 Å². The molecule has 0 fully saturated rings. The van der Waals surface area contributed by atoms with E-state index in [-0.39, 0.29) is 5.69 Å². The van der Waals surface area contributed by atoms with Gasteiger partial charge in [-0.3, -0.25) is 9.48 Å². The van der Waals surface area contributed by atoms with Gasteiger partial charge in [-0.15, -0.1) is 0 Å². The van der Waals surface area contributed by atoms with Crippen LogP contribution in [0.5, 0.6) is 0 Å². The number of halogens is 4. The summed E-state index contributed by atoms with van der Waals surface area (Å²) in [5, 5.41) is 8.50. The van der Waals surface area contributed by atoms with Crippen molar-refractivity contribution in [3.63, 3.8) is 0 Å². The summed E-state index contributed by atoms with van der Waals surface area (Å²) in [5.41, 5.74) is 1.45. The van der Waals surface area contributed by atoms with Crippen molar-refractivity contribution in [2.45, 2.75) is 19.1 Å². The van der Waals surface area contributed by atoms with E-state index in [4.69, 9.17) is 11.6 Å². The lowest BCUT2D eigenvalue weighted by molar-refractivity contribution is -0.137. The smallest absolute Gasteiger partial charge is 0.324 e. The summed E-state index contributed by atoms with van der Waals surface area (Å²) < 4.78 is 40.4. The molecule has 0 aliphatic carbocycles. The number of aromatic nitrogens is 2. The number of anilines is 1. The van der Waals surface area contributed by atoms with E-state index in [0.717, 1.165) is 23.1 Å². The Morgan fingerprint density at radius 1 is 1.03 bits per heavy atom. The molecule has 0 bridgehead atoms. The number of benzene rings is 3. The van der Waals surface area contributed by atoms with Gasteiger partial charge in [-0.2, -0.15) is 18.3 Å². The van der Waals surface area contributed by atoms with Gasteiger partial charge in [0.15, 0.2) is 0 Å². The Morgan fingerprint density at radius 3 is 2.48 bits per heavy atom. The van der Waals surface area contributed by atoms with Crippen molar-refractivity contribution in [3.8, 4) is 11.3 Å². The Morgan fingerprint density at radius 2 is 1.77 bits per heavy atom. The first kappa shape index (κ1) is 20.9. The molecule has 8 heteroatoms. The van der Waals surface area contributed by atoms with Crippen LogP contribution in [0, 0.1) is 0 Å².